The minimum atomic E-state index is 0.811. The third-order valence-electron chi connectivity index (χ3n) is 1.62. The van der Waals surface area contributed by atoms with Gasteiger partial charge in [-0.25, -0.2) is 0 Å². The molecule has 52 valence electrons. The van der Waals surface area contributed by atoms with Gasteiger partial charge in [-0.15, -0.1) is 0 Å². The van der Waals surface area contributed by atoms with Gasteiger partial charge in [-0.05, 0) is 35.7 Å². The van der Waals surface area contributed by atoms with Crippen molar-refractivity contribution < 1.29 is 0 Å². The quantitative estimate of drug-likeness (QED) is 0.587. The Bertz CT molecular complexity index is 242. The van der Waals surface area contributed by atoms with Gasteiger partial charge in [-0.3, -0.25) is 0 Å². The first-order valence-corrected chi connectivity index (χ1v) is 4.01. The molecule has 0 unspecified atom stereocenters. The van der Waals surface area contributed by atoms with Crippen LogP contribution in [0.2, 0.25) is 0 Å². The van der Waals surface area contributed by atoms with Gasteiger partial charge in [0.15, 0.2) is 0 Å². The van der Waals surface area contributed by atoms with Gasteiger partial charge < -0.3 is 0 Å². The Hall–Kier alpha value is -0.550. The molecule has 0 amide bonds. The van der Waals surface area contributed by atoms with Crippen LogP contribution in [0.25, 0.3) is 0 Å². The molecule has 0 aromatic rings. The molecule has 10 heavy (non-hydrogen) atoms. The smallest absolute Gasteiger partial charge is 0.100 e. The first-order chi connectivity index (χ1) is 4.75. The second kappa shape index (κ2) is 3.03. The molecule has 0 atom stereocenters. The van der Waals surface area contributed by atoms with Crippen LogP contribution < -0.4 is 0 Å². The highest BCUT2D eigenvalue weighted by molar-refractivity contribution is 9.12. The third kappa shape index (κ3) is 1.30. The van der Waals surface area contributed by atoms with Crippen molar-refractivity contribution in [2.45, 2.75) is 19.8 Å². The summed E-state index contributed by atoms with van der Waals surface area (Å²) < 4.78 is 0.957. The van der Waals surface area contributed by atoms with E-state index in [1.54, 1.807) is 0 Å². The summed E-state index contributed by atoms with van der Waals surface area (Å²) in [6, 6.07) is 2.17. The Morgan fingerprint density at radius 3 is 2.80 bits per heavy atom. The molecule has 2 heteroatoms. The van der Waals surface area contributed by atoms with Crippen LogP contribution in [0.3, 0.4) is 0 Å². The largest absolute Gasteiger partial charge is 0.192 e. The molecule has 0 saturated carbocycles. The summed E-state index contributed by atoms with van der Waals surface area (Å²) in [5.74, 6) is 0. The van der Waals surface area contributed by atoms with Crippen molar-refractivity contribution in [2.24, 2.45) is 0 Å². The summed E-state index contributed by atoms with van der Waals surface area (Å²) in [6.07, 6.45) is 4.13. The third-order valence-corrected chi connectivity index (χ3v) is 2.34. The molecule has 0 spiro atoms. The molecule has 0 bridgehead atoms. The number of hydrogen-bond donors (Lipinski definition) is 0. The lowest BCUT2D eigenvalue weighted by molar-refractivity contribution is 0.947. The maximum absolute atomic E-state index is 8.65. The number of nitrogens with zero attached hydrogens (tertiary/aromatic N) is 1. The van der Waals surface area contributed by atoms with Crippen LogP contribution in [-0.4, -0.2) is 0 Å². The van der Waals surface area contributed by atoms with Crippen LogP contribution in [0, 0.1) is 11.3 Å². The lowest BCUT2D eigenvalue weighted by Gasteiger charge is -2.08. The molecule has 1 rings (SSSR count). The van der Waals surface area contributed by atoms with Gasteiger partial charge in [-0.1, -0.05) is 11.6 Å². The van der Waals surface area contributed by atoms with Crippen LogP contribution in [0.1, 0.15) is 19.8 Å². The highest BCUT2D eigenvalue weighted by Crippen LogP contribution is 2.27. The van der Waals surface area contributed by atoms with E-state index in [1.807, 2.05) is 13.0 Å². The summed E-state index contributed by atoms with van der Waals surface area (Å²) >= 11 is 3.34. The monoisotopic (exact) mass is 197 g/mol. The van der Waals surface area contributed by atoms with E-state index in [0.29, 0.717) is 0 Å². The topological polar surface area (TPSA) is 23.8 Å². The summed E-state index contributed by atoms with van der Waals surface area (Å²) in [4.78, 5) is 0. The second-order valence-corrected chi connectivity index (χ2v) is 3.21. The molecular formula is C8H8BrN. The molecule has 0 aromatic heterocycles. The summed E-state index contributed by atoms with van der Waals surface area (Å²) in [7, 11) is 0. The van der Waals surface area contributed by atoms with Crippen molar-refractivity contribution >= 4 is 15.9 Å². The zero-order valence-corrected chi connectivity index (χ0v) is 7.40. The fraction of sp³-hybridized carbons (Fsp3) is 0.375. The highest BCUT2D eigenvalue weighted by Gasteiger charge is 2.09. The summed E-state index contributed by atoms with van der Waals surface area (Å²) in [6.45, 7) is 2.01. The minimum Gasteiger partial charge on any atom is -0.192 e. The van der Waals surface area contributed by atoms with E-state index in [9.17, 15) is 0 Å². The average molecular weight is 198 g/mol. The first kappa shape index (κ1) is 7.56. The Morgan fingerprint density at radius 2 is 2.40 bits per heavy atom. The van der Waals surface area contributed by atoms with Gasteiger partial charge in [0, 0.05) is 4.48 Å². The van der Waals surface area contributed by atoms with Crippen LogP contribution in [0.5, 0.6) is 0 Å². The molecule has 0 fully saturated rings. The maximum Gasteiger partial charge on any atom is 0.100 e. The molecule has 0 N–H and O–H groups in total. The zero-order valence-electron chi connectivity index (χ0n) is 5.82. The van der Waals surface area contributed by atoms with Crippen molar-refractivity contribution in [3.05, 3.63) is 21.7 Å². The number of hydrogen-bond acceptors (Lipinski definition) is 1. The van der Waals surface area contributed by atoms with Gasteiger partial charge in [0.1, 0.15) is 6.07 Å². The second-order valence-electron chi connectivity index (χ2n) is 2.36. The average Bonchev–Trinajstić information content (AvgIpc) is 1.88. The van der Waals surface area contributed by atoms with Crippen molar-refractivity contribution in [3.8, 4) is 6.07 Å². The van der Waals surface area contributed by atoms with Crippen LogP contribution in [0.15, 0.2) is 21.7 Å². The highest BCUT2D eigenvalue weighted by atomic mass is 79.9. The molecule has 0 heterocycles. The Kier molecular flexibility index (Phi) is 2.29. The molecular weight excluding hydrogens is 190 g/mol. The number of halogens is 1. The normalized spacial score (nSPS) is 18.3. The van der Waals surface area contributed by atoms with Gasteiger partial charge >= 0.3 is 0 Å². The van der Waals surface area contributed by atoms with E-state index in [4.69, 9.17) is 5.26 Å². The lowest BCUT2D eigenvalue weighted by Crippen LogP contribution is -1.92. The van der Waals surface area contributed by atoms with E-state index in [1.165, 1.54) is 5.57 Å². The summed E-state index contributed by atoms with van der Waals surface area (Å²) in [5.41, 5.74) is 2.00. The Morgan fingerprint density at radius 1 is 1.70 bits per heavy atom. The minimum absolute atomic E-state index is 0.811. The number of nitriles is 1. The fourth-order valence-corrected chi connectivity index (χ4v) is 1.65. The predicted molar refractivity (Wildman–Crippen MR) is 44.6 cm³/mol. The molecule has 0 radical (unpaired) electrons. The molecule has 0 aromatic carbocycles. The van der Waals surface area contributed by atoms with Gasteiger partial charge in [0.2, 0.25) is 0 Å². The van der Waals surface area contributed by atoms with E-state index in [-0.39, 0.29) is 0 Å². The number of allylic oxidation sites excluding steroid dienone is 4. The standard InChI is InChI=1S/C8H8BrN/c1-6-3-2-4-8(9)7(6)5-10/h4H,2-3H2,1H3. The Labute approximate surface area is 69.2 Å². The maximum atomic E-state index is 8.65. The van der Waals surface area contributed by atoms with Gasteiger partial charge in [-0.2, -0.15) is 5.26 Å². The van der Waals surface area contributed by atoms with Gasteiger partial charge in [0.05, 0.1) is 5.57 Å². The predicted octanol–water partition coefficient (Wildman–Crippen LogP) is 2.90. The van der Waals surface area contributed by atoms with Crippen LogP contribution in [0.4, 0.5) is 0 Å². The fourth-order valence-electron chi connectivity index (χ4n) is 0.995. The molecule has 1 aliphatic rings. The molecule has 1 aliphatic carbocycles. The van der Waals surface area contributed by atoms with Gasteiger partial charge in [0.25, 0.3) is 0 Å². The first-order valence-electron chi connectivity index (χ1n) is 3.21. The Balaban J connectivity index is 3.01. The van der Waals surface area contributed by atoms with Crippen LogP contribution >= 0.6 is 15.9 Å². The molecule has 1 nitrogen and oxygen atoms in total. The van der Waals surface area contributed by atoms with E-state index < -0.39 is 0 Å². The molecule has 0 aliphatic heterocycles. The van der Waals surface area contributed by atoms with Crippen molar-refractivity contribution in [1.82, 2.24) is 0 Å². The van der Waals surface area contributed by atoms with E-state index in [2.05, 4.69) is 22.0 Å². The van der Waals surface area contributed by atoms with Crippen molar-refractivity contribution in [3.63, 3.8) is 0 Å². The molecule has 0 saturated heterocycles. The number of rotatable bonds is 0. The zero-order chi connectivity index (χ0) is 7.56. The van der Waals surface area contributed by atoms with Crippen molar-refractivity contribution in [1.29, 1.82) is 5.26 Å². The van der Waals surface area contributed by atoms with E-state index in [0.717, 1.165) is 22.9 Å². The van der Waals surface area contributed by atoms with Crippen molar-refractivity contribution in [2.75, 3.05) is 0 Å². The van der Waals surface area contributed by atoms with Crippen LogP contribution in [-0.2, 0) is 0 Å². The SMILES string of the molecule is CC1=C(C#N)C(Br)=CCC1. The lowest BCUT2D eigenvalue weighted by atomic mass is 10.0. The van der Waals surface area contributed by atoms with E-state index >= 15 is 0 Å². The summed E-state index contributed by atoms with van der Waals surface area (Å²) in [5, 5.41) is 8.65.